The second-order valence-corrected chi connectivity index (χ2v) is 8.99. The van der Waals surface area contributed by atoms with Crippen molar-refractivity contribution in [1.82, 2.24) is 0 Å². The molecule has 0 rings (SSSR count). The molecule has 0 aliphatic rings. The maximum Gasteiger partial charge on any atom is 0.333 e. The van der Waals surface area contributed by atoms with Gasteiger partial charge >= 0.3 is 23.9 Å². The fourth-order valence-electron chi connectivity index (χ4n) is 2.70. The Hall–Kier alpha value is -2.03. The van der Waals surface area contributed by atoms with Crippen LogP contribution in [0, 0.1) is 17.3 Å². The molecule has 0 aliphatic carbocycles. The van der Waals surface area contributed by atoms with E-state index in [0.29, 0.717) is 12.0 Å². The standard InChI is InChI=1S/C21H34O8S/c1-7-15(10-28-19(26)13(3)4)21(6,8-2)12-29-20(27)14(5)11-30-16(18(24)25)9-17(22)23/h14-16H,3,7-12H2,1-2,4-6H3,(H,22,23)(H,24,25). The number of esters is 2. The fraction of sp³-hybridized carbons (Fsp3) is 0.714. The number of carboxylic acids is 2. The van der Waals surface area contributed by atoms with Gasteiger partial charge in [-0.3, -0.25) is 14.4 Å². The highest BCUT2D eigenvalue weighted by molar-refractivity contribution is 8.00. The molecule has 0 saturated heterocycles. The summed E-state index contributed by atoms with van der Waals surface area (Å²) in [5, 5.41) is 16.8. The second-order valence-electron chi connectivity index (χ2n) is 7.76. The van der Waals surface area contributed by atoms with Gasteiger partial charge in [0.25, 0.3) is 0 Å². The van der Waals surface area contributed by atoms with Crippen molar-refractivity contribution < 1.29 is 38.9 Å². The molecule has 2 N–H and O–H groups in total. The quantitative estimate of drug-likeness (QED) is 0.287. The smallest absolute Gasteiger partial charge is 0.333 e. The van der Waals surface area contributed by atoms with Gasteiger partial charge in [0, 0.05) is 22.7 Å². The van der Waals surface area contributed by atoms with Gasteiger partial charge in [-0.05, 0) is 19.8 Å². The van der Waals surface area contributed by atoms with Gasteiger partial charge in [-0.1, -0.05) is 34.3 Å². The molecule has 9 heteroatoms. The van der Waals surface area contributed by atoms with E-state index < -0.39 is 46.9 Å². The number of rotatable bonds is 15. The first kappa shape index (κ1) is 28.0. The fourth-order valence-corrected chi connectivity index (χ4v) is 3.76. The summed E-state index contributed by atoms with van der Waals surface area (Å²) in [6.07, 6.45) is 0.912. The minimum atomic E-state index is -1.23. The van der Waals surface area contributed by atoms with Crippen molar-refractivity contribution in [2.45, 2.75) is 59.1 Å². The molecular formula is C21H34O8S. The number of hydrogen-bond donors (Lipinski definition) is 2. The van der Waals surface area contributed by atoms with Crippen LogP contribution >= 0.6 is 11.8 Å². The summed E-state index contributed by atoms with van der Waals surface area (Å²) in [6, 6.07) is 0. The first-order chi connectivity index (χ1) is 13.9. The van der Waals surface area contributed by atoms with Crippen molar-refractivity contribution in [3.63, 3.8) is 0 Å². The van der Waals surface area contributed by atoms with Crippen LogP contribution in [0.1, 0.15) is 53.9 Å². The lowest BCUT2D eigenvalue weighted by Gasteiger charge is -2.36. The molecule has 0 fully saturated rings. The molecule has 0 aliphatic heterocycles. The van der Waals surface area contributed by atoms with Crippen LogP contribution in [0.5, 0.6) is 0 Å². The van der Waals surface area contributed by atoms with Gasteiger partial charge in [0.05, 0.1) is 25.6 Å². The molecule has 0 saturated carbocycles. The molecule has 172 valence electrons. The number of carbonyl (C=O) groups excluding carboxylic acids is 2. The Bertz CT molecular complexity index is 632. The second kappa shape index (κ2) is 13.3. The Morgan fingerprint density at radius 3 is 2.17 bits per heavy atom. The van der Waals surface area contributed by atoms with E-state index in [4.69, 9.17) is 19.7 Å². The number of carbonyl (C=O) groups is 4. The number of thioether (sulfide) groups is 1. The summed E-state index contributed by atoms with van der Waals surface area (Å²) >= 11 is 0.911. The third kappa shape index (κ3) is 9.65. The number of carboxylic acid groups (broad SMARTS) is 2. The van der Waals surface area contributed by atoms with E-state index in [0.717, 1.165) is 18.2 Å². The van der Waals surface area contributed by atoms with E-state index in [1.807, 2.05) is 20.8 Å². The SMILES string of the molecule is C=C(C)C(=O)OCC(CC)C(C)(CC)COC(=O)C(C)CSC(CC(=O)O)C(=O)O. The highest BCUT2D eigenvalue weighted by Gasteiger charge is 2.35. The van der Waals surface area contributed by atoms with E-state index in [1.54, 1.807) is 13.8 Å². The molecular weight excluding hydrogens is 412 g/mol. The van der Waals surface area contributed by atoms with Crippen LogP contribution in [0.25, 0.3) is 0 Å². The average Bonchev–Trinajstić information content (AvgIpc) is 2.68. The van der Waals surface area contributed by atoms with Crippen LogP contribution in [0.2, 0.25) is 0 Å². The Morgan fingerprint density at radius 1 is 1.13 bits per heavy atom. The first-order valence-electron chi connectivity index (χ1n) is 9.93. The zero-order chi connectivity index (χ0) is 23.5. The van der Waals surface area contributed by atoms with E-state index >= 15 is 0 Å². The molecule has 0 bridgehead atoms. The molecule has 0 aromatic rings. The molecule has 30 heavy (non-hydrogen) atoms. The van der Waals surface area contributed by atoms with Crippen molar-refractivity contribution in [2.24, 2.45) is 17.3 Å². The zero-order valence-corrected chi connectivity index (χ0v) is 19.3. The molecule has 0 amide bonds. The van der Waals surface area contributed by atoms with Gasteiger partial charge in [-0.2, -0.15) is 0 Å². The molecule has 0 aromatic heterocycles. The molecule has 0 aromatic carbocycles. The number of ether oxygens (including phenoxy) is 2. The summed E-state index contributed by atoms with van der Waals surface area (Å²) in [7, 11) is 0. The monoisotopic (exact) mass is 446 g/mol. The lowest BCUT2D eigenvalue weighted by molar-refractivity contribution is -0.154. The minimum Gasteiger partial charge on any atom is -0.481 e. The van der Waals surface area contributed by atoms with E-state index in [2.05, 4.69) is 6.58 Å². The number of aliphatic carboxylic acids is 2. The van der Waals surface area contributed by atoms with Gasteiger partial charge < -0.3 is 19.7 Å². The van der Waals surface area contributed by atoms with Gasteiger partial charge in [0.2, 0.25) is 0 Å². The van der Waals surface area contributed by atoms with Gasteiger partial charge in [-0.25, -0.2) is 4.79 Å². The number of hydrogen-bond acceptors (Lipinski definition) is 7. The van der Waals surface area contributed by atoms with Gasteiger partial charge in [0.15, 0.2) is 0 Å². The largest absolute Gasteiger partial charge is 0.481 e. The van der Waals surface area contributed by atoms with Gasteiger partial charge in [-0.15, -0.1) is 11.8 Å². The lowest BCUT2D eigenvalue weighted by Crippen LogP contribution is -2.37. The van der Waals surface area contributed by atoms with E-state index in [-0.39, 0.29) is 24.9 Å². The predicted octanol–water partition coefficient (Wildman–Crippen LogP) is 3.39. The third-order valence-electron chi connectivity index (χ3n) is 5.18. The summed E-state index contributed by atoms with van der Waals surface area (Å²) in [6.45, 7) is 13.0. The van der Waals surface area contributed by atoms with Crippen molar-refractivity contribution >= 4 is 35.6 Å². The van der Waals surface area contributed by atoms with Crippen molar-refractivity contribution in [1.29, 1.82) is 0 Å². The van der Waals surface area contributed by atoms with Crippen LogP contribution in [0.15, 0.2) is 12.2 Å². The van der Waals surface area contributed by atoms with Crippen LogP contribution < -0.4 is 0 Å². The lowest BCUT2D eigenvalue weighted by atomic mass is 9.74. The summed E-state index contributed by atoms with van der Waals surface area (Å²) in [5.41, 5.74) is -0.0807. The minimum absolute atomic E-state index is 0.0183. The normalized spacial score (nSPS) is 15.9. The molecule has 8 nitrogen and oxygen atoms in total. The Morgan fingerprint density at radius 2 is 1.73 bits per heavy atom. The third-order valence-corrected chi connectivity index (χ3v) is 6.64. The molecule has 4 unspecified atom stereocenters. The highest BCUT2D eigenvalue weighted by atomic mass is 32.2. The Kier molecular flexibility index (Phi) is 12.4. The van der Waals surface area contributed by atoms with Crippen LogP contribution in [0.3, 0.4) is 0 Å². The average molecular weight is 447 g/mol. The van der Waals surface area contributed by atoms with Crippen molar-refractivity contribution in [2.75, 3.05) is 19.0 Å². The Labute approximate surface area is 182 Å². The maximum atomic E-state index is 12.4. The van der Waals surface area contributed by atoms with E-state index in [9.17, 15) is 19.2 Å². The molecule has 0 radical (unpaired) electrons. The van der Waals surface area contributed by atoms with Crippen molar-refractivity contribution in [3.8, 4) is 0 Å². The zero-order valence-electron chi connectivity index (χ0n) is 18.4. The van der Waals surface area contributed by atoms with Gasteiger partial charge in [0.1, 0.15) is 5.25 Å². The van der Waals surface area contributed by atoms with Crippen LogP contribution in [-0.4, -0.2) is 58.3 Å². The van der Waals surface area contributed by atoms with Crippen molar-refractivity contribution in [3.05, 3.63) is 12.2 Å². The first-order valence-corrected chi connectivity index (χ1v) is 11.0. The maximum absolute atomic E-state index is 12.4. The Balaban J connectivity index is 4.82. The molecule has 0 heterocycles. The van der Waals surface area contributed by atoms with Crippen LogP contribution in [-0.2, 0) is 28.7 Å². The summed E-state index contributed by atoms with van der Waals surface area (Å²) in [5.74, 6) is -3.83. The summed E-state index contributed by atoms with van der Waals surface area (Å²) < 4.78 is 10.8. The molecule has 0 spiro atoms. The highest BCUT2D eigenvalue weighted by Crippen LogP contribution is 2.34. The topological polar surface area (TPSA) is 127 Å². The van der Waals surface area contributed by atoms with E-state index in [1.165, 1.54) is 0 Å². The predicted molar refractivity (Wildman–Crippen MR) is 114 cm³/mol. The summed E-state index contributed by atoms with van der Waals surface area (Å²) in [4.78, 5) is 46.0. The molecule has 4 atom stereocenters. The van der Waals surface area contributed by atoms with Crippen LogP contribution in [0.4, 0.5) is 0 Å².